The first kappa shape index (κ1) is 15.5. The van der Waals surface area contributed by atoms with Crippen LogP contribution in [0.3, 0.4) is 0 Å². The van der Waals surface area contributed by atoms with Crippen molar-refractivity contribution < 1.29 is 9.53 Å². The van der Waals surface area contributed by atoms with Crippen LogP contribution in [0, 0.1) is 6.92 Å². The number of benzene rings is 1. The molecule has 3 heterocycles. The molecule has 0 unspecified atom stereocenters. The third-order valence-corrected chi connectivity index (χ3v) is 4.93. The lowest BCUT2D eigenvalue weighted by molar-refractivity contribution is -0.113. The maximum atomic E-state index is 12.5. The highest BCUT2D eigenvalue weighted by atomic mass is 32.1. The summed E-state index contributed by atoms with van der Waals surface area (Å²) in [5, 5.41) is 3.42. The van der Waals surface area contributed by atoms with Crippen molar-refractivity contribution in [3.63, 3.8) is 0 Å². The van der Waals surface area contributed by atoms with Gasteiger partial charge in [0.1, 0.15) is 12.4 Å². The summed E-state index contributed by atoms with van der Waals surface area (Å²) >= 11 is 1.42. The zero-order chi connectivity index (χ0) is 17.2. The van der Waals surface area contributed by atoms with Crippen LogP contribution in [0.15, 0.2) is 54.2 Å². The van der Waals surface area contributed by atoms with Crippen molar-refractivity contribution >= 4 is 28.5 Å². The van der Waals surface area contributed by atoms with Crippen molar-refractivity contribution in [3.05, 3.63) is 65.5 Å². The maximum Gasteiger partial charge on any atom is 0.256 e. The van der Waals surface area contributed by atoms with Crippen molar-refractivity contribution in [1.82, 2.24) is 9.97 Å². The second-order valence-electron chi connectivity index (χ2n) is 5.60. The van der Waals surface area contributed by atoms with Crippen LogP contribution in [0.5, 0.6) is 5.75 Å². The molecule has 1 aliphatic rings. The number of ether oxygens (including phenoxy) is 1. The van der Waals surface area contributed by atoms with Gasteiger partial charge in [-0.25, -0.2) is 4.98 Å². The summed E-state index contributed by atoms with van der Waals surface area (Å²) in [5.74, 6) is 0.595. The average molecular weight is 349 g/mol. The van der Waals surface area contributed by atoms with Gasteiger partial charge in [-0.15, -0.1) is 0 Å². The molecule has 0 spiro atoms. The third kappa shape index (κ3) is 3.16. The van der Waals surface area contributed by atoms with Gasteiger partial charge < -0.3 is 4.74 Å². The maximum absolute atomic E-state index is 12.5. The van der Waals surface area contributed by atoms with Gasteiger partial charge in [0.25, 0.3) is 5.91 Å². The smallest absolute Gasteiger partial charge is 0.256 e. The Morgan fingerprint density at radius 1 is 1.20 bits per heavy atom. The molecule has 0 radical (unpaired) electrons. The Morgan fingerprint density at radius 2 is 2.04 bits per heavy atom. The third-order valence-electron chi connectivity index (χ3n) is 3.84. The molecule has 124 valence electrons. The number of anilines is 1. The molecule has 4 rings (SSSR count). The van der Waals surface area contributed by atoms with Gasteiger partial charge in [0.2, 0.25) is 0 Å². The molecule has 1 aliphatic heterocycles. The largest absolute Gasteiger partial charge is 0.488 e. The molecule has 0 aliphatic carbocycles. The number of hydrogen-bond donors (Lipinski definition) is 1. The molecule has 0 fully saturated rings. The predicted octanol–water partition coefficient (Wildman–Crippen LogP) is 3.93. The number of nitrogens with one attached hydrogen (secondary N) is 1. The highest BCUT2D eigenvalue weighted by Gasteiger charge is 2.19. The van der Waals surface area contributed by atoms with Crippen molar-refractivity contribution in [3.8, 4) is 16.3 Å². The fraction of sp³-hybridized carbons (Fsp3) is 0.105. The van der Waals surface area contributed by atoms with Crippen molar-refractivity contribution in [1.29, 1.82) is 0 Å². The summed E-state index contributed by atoms with van der Waals surface area (Å²) in [6.45, 7) is 2.16. The van der Waals surface area contributed by atoms with Gasteiger partial charge in [0.15, 0.2) is 5.13 Å². The predicted molar refractivity (Wildman–Crippen MR) is 98.6 cm³/mol. The molecule has 0 saturated carbocycles. The first-order chi connectivity index (χ1) is 12.2. The van der Waals surface area contributed by atoms with Crippen LogP contribution in [0.1, 0.15) is 11.3 Å². The molecular weight excluding hydrogens is 334 g/mol. The molecule has 0 atom stereocenters. The molecular formula is C19H15N3O2S. The summed E-state index contributed by atoms with van der Waals surface area (Å²) in [7, 11) is 0. The van der Waals surface area contributed by atoms with Crippen LogP contribution < -0.4 is 10.1 Å². The quantitative estimate of drug-likeness (QED) is 0.778. The Morgan fingerprint density at radius 3 is 2.88 bits per heavy atom. The average Bonchev–Trinajstić information content (AvgIpc) is 3.02. The number of rotatable bonds is 3. The highest BCUT2D eigenvalue weighted by molar-refractivity contribution is 7.19. The van der Waals surface area contributed by atoms with Crippen LogP contribution in [-0.4, -0.2) is 22.5 Å². The van der Waals surface area contributed by atoms with E-state index in [9.17, 15) is 4.79 Å². The van der Waals surface area contributed by atoms with Crippen molar-refractivity contribution in [2.75, 3.05) is 11.9 Å². The summed E-state index contributed by atoms with van der Waals surface area (Å²) in [6, 6.07) is 13.4. The SMILES string of the molecule is Cc1nc(NC(=O)C2=Cc3ccccc3OC2)sc1-c1ccccn1. The fourth-order valence-electron chi connectivity index (χ4n) is 2.61. The van der Waals surface area contributed by atoms with E-state index in [0.29, 0.717) is 10.7 Å². The number of nitrogens with zero attached hydrogens (tertiary/aromatic N) is 2. The lowest BCUT2D eigenvalue weighted by Crippen LogP contribution is -2.21. The number of aryl methyl sites for hydroxylation is 1. The van der Waals surface area contributed by atoms with E-state index in [0.717, 1.165) is 27.6 Å². The Hall–Kier alpha value is -2.99. The molecule has 3 aromatic rings. The normalized spacial score (nSPS) is 12.8. The van der Waals surface area contributed by atoms with Crippen molar-refractivity contribution in [2.24, 2.45) is 0 Å². The van der Waals surface area contributed by atoms with E-state index in [2.05, 4.69) is 15.3 Å². The van der Waals surface area contributed by atoms with Crippen LogP contribution in [0.25, 0.3) is 16.6 Å². The minimum atomic E-state index is -0.198. The highest BCUT2D eigenvalue weighted by Crippen LogP contribution is 2.32. The Labute approximate surface area is 149 Å². The van der Waals surface area contributed by atoms with E-state index in [-0.39, 0.29) is 12.5 Å². The van der Waals surface area contributed by atoms with E-state index in [1.54, 1.807) is 6.20 Å². The summed E-state index contributed by atoms with van der Waals surface area (Å²) in [5.41, 5.74) is 3.18. The van der Waals surface area contributed by atoms with Crippen LogP contribution in [0.4, 0.5) is 5.13 Å². The number of amides is 1. The van der Waals surface area contributed by atoms with E-state index < -0.39 is 0 Å². The minimum Gasteiger partial charge on any atom is -0.488 e. The number of pyridine rings is 1. The number of carbonyl (C=O) groups excluding carboxylic acids is 1. The topological polar surface area (TPSA) is 64.1 Å². The number of aromatic nitrogens is 2. The Kier molecular flexibility index (Phi) is 4.03. The molecule has 1 aromatic carbocycles. The standard InChI is InChI=1S/C19H15N3O2S/c1-12-17(15-7-4-5-9-20-15)25-19(21-12)22-18(23)14-10-13-6-2-3-8-16(13)24-11-14/h2-10H,11H2,1H3,(H,21,22,23). The monoisotopic (exact) mass is 349 g/mol. The van der Waals surface area contributed by atoms with E-state index in [4.69, 9.17) is 4.74 Å². The molecule has 0 bridgehead atoms. The molecule has 0 saturated heterocycles. The fourth-order valence-corrected chi connectivity index (χ4v) is 3.55. The summed E-state index contributed by atoms with van der Waals surface area (Å²) in [6.07, 6.45) is 3.60. The number of hydrogen-bond acceptors (Lipinski definition) is 5. The molecule has 5 nitrogen and oxygen atoms in total. The minimum absolute atomic E-state index is 0.198. The molecule has 25 heavy (non-hydrogen) atoms. The van der Waals surface area contributed by atoms with Gasteiger partial charge in [-0.2, -0.15) is 0 Å². The van der Waals surface area contributed by atoms with Gasteiger partial charge in [-0.1, -0.05) is 35.6 Å². The molecule has 1 N–H and O–H groups in total. The van der Waals surface area contributed by atoms with Crippen LogP contribution in [-0.2, 0) is 4.79 Å². The Bertz CT molecular complexity index is 964. The van der Waals surface area contributed by atoms with Crippen molar-refractivity contribution in [2.45, 2.75) is 6.92 Å². The number of fused-ring (bicyclic) bond motifs is 1. The summed E-state index contributed by atoms with van der Waals surface area (Å²) < 4.78 is 5.64. The zero-order valence-electron chi connectivity index (χ0n) is 13.5. The second-order valence-corrected chi connectivity index (χ2v) is 6.60. The summed E-state index contributed by atoms with van der Waals surface area (Å²) in [4.78, 5) is 22.3. The van der Waals surface area contributed by atoms with Gasteiger partial charge in [0, 0.05) is 11.8 Å². The van der Waals surface area contributed by atoms with Gasteiger partial charge in [-0.3, -0.25) is 15.1 Å². The van der Waals surface area contributed by atoms with E-state index >= 15 is 0 Å². The lowest BCUT2D eigenvalue weighted by Gasteiger charge is -2.16. The zero-order valence-corrected chi connectivity index (χ0v) is 14.3. The second kappa shape index (κ2) is 6.49. The molecule has 2 aromatic heterocycles. The van der Waals surface area contributed by atoms with E-state index in [1.807, 2.05) is 55.5 Å². The number of para-hydroxylation sites is 1. The van der Waals surface area contributed by atoms with Crippen LogP contribution >= 0.6 is 11.3 Å². The lowest BCUT2D eigenvalue weighted by atomic mass is 10.1. The molecule has 6 heteroatoms. The van der Waals surface area contributed by atoms with Gasteiger partial charge >= 0.3 is 0 Å². The van der Waals surface area contributed by atoms with Crippen LogP contribution in [0.2, 0.25) is 0 Å². The van der Waals surface area contributed by atoms with Gasteiger partial charge in [0.05, 0.1) is 21.8 Å². The first-order valence-electron chi connectivity index (χ1n) is 7.83. The van der Waals surface area contributed by atoms with Gasteiger partial charge in [-0.05, 0) is 31.2 Å². The first-order valence-corrected chi connectivity index (χ1v) is 8.65. The number of carbonyl (C=O) groups is 1. The Balaban J connectivity index is 1.55. The number of thiazole rings is 1. The molecule has 1 amide bonds. The van der Waals surface area contributed by atoms with E-state index in [1.165, 1.54) is 11.3 Å².